The number of H-pyrrole nitrogens is 1. The molecule has 0 spiro atoms. The van der Waals surface area contributed by atoms with Crippen molar-refractivity contribution in [2.75, 3.05) is 11.1 Å². The van der Waals surface area contributed by atoms with Crippen LogP contribution in [-0.4, -0.2) is 32.3 Å². The molecule has 1 aliphatic rings. The number of anilines is 1. The fourth-order valence-corrected chi connectivity index (χ4v) is 4.00. The van der Waals surface area contributed by atoms with Crippen LogP contribution in [0.25, 0.3) is 11.4 Å². The molecule has 1 aromatic heterocycles. The van der Waals surface area contributed by atoms with E-state index in [0.29, 0.717) is 5.82 Å². The number of amides is 1. The van der Waals surface area contributed by atoms with Crippen LogP contribution in [0.2, 0.25) is 0 Å². The molecule has 6 nitrogen and oxygen atoms in total. The Labute approximate surface area is 143 Å². The molecule has 120 valence electrons. The van der Waals surface area contributed by atoms with Crippen molar-refractivity contribution in [3.05, 3.63) is 59.7 Å². The van der Waals surface area contributed by atoms with E-state index in [4.69, 9.17) is 0 Å². The maximum absolute atomic E-state index is 12.7. The highest BCUT2D eigenvalue weighted by Gasteiger charge is 2.26. The summed E-state index contributed by atoms with van der Waals surface area (Å²) in [6, 6.07) is 15.6. The second kappa shape index (κ2) is 6.45. The molecule has 0 radical (unpaired) electrons. The predicted octanol–water partition coefficient (Wildman–Crippen LogP) is 2.84. The molecule has 3 aromatic rings. The molecule has 1 aliphatic heterocycles. The van der Waals surface area contributed by atoms with Crippen LogP contribution in [0.1, 0.15) is 16.4 Å². The van der Waals surface area contributed by atoms with E-state index in [2.05, 4.69) is 32.0 Å². The topological polar surface area (TPSA) is 83.6 Å². The van der Waals surface area contributed by atoms with E-state index in [1.54, 1.807) is 11.8 Å². The van der Waals surface area contributed by atoms with Crippen molar-refractivity contribution in [2.24, 2.45) is 0 Å². The smallest absolute Gasteiger partial charge is 0.242 e. The molecule has 0 aliphatic carbocycles. The molecule has 0 saturated heterocycles. The lowest BCUT2D eigenvalue weighted by Crippen LogP contribution is -2.23. The van der Waals surface area contributed by atoms with Gasteiger partial charge in [-0.3, -0.25) is 4.79 Å². The van der Waals surface area contributed by atoms with Crippen LogP contribution >= 0.6 is 11.8 Å². The molecule has 1 amide bonds. The molecule has 1 unspecified atom stereocenters. The molecular weight excluding hydrogens is 322 g/mol. The van der Waals surface area contributed by atoms with Gasteiger partial charge in [0.1, 0.15) is 5.25 Å². The van der Waals surface area contributed by atoms with Crippen LogP contribution in [0.3, 0.4) is 0 Å². The van der Waals surface area contributed by atoms with Gasteiger partial charge in [-0.05, 0) is 52.8 Å². The number of thioether (sulfide) groups is 1. The van der Waals surface area contributed by atoms with Crippen LogP contribution in [0.5, 0.6) is 0 Å². The third-order valence-electron chi connectivity index (χ3n) is 3.99. The zero-order valence-corrected chi connectivity index (χ0v) is 13.6. The van der Waals surface area contributed by atoms with Crippen molar-refractivity contribution in [1.82, 2.24) is 20.6 Å². The highest BCUT2D eigenvalue weighted by molar-refractivity contribution is 8.00. The lowest BCUT2D eigenvalue weighted by atomic mass is 10.0. The lowest BCUT2D eigenvalue weighted by Gasteiger charge is -2.24. The van der Waals surface area contributed by atoms with Gasteiger partial charge in [0.05, 0.1) is 0 Å². The number of tetrazole rings is 1. The fraction of sp³-hybridized carbons (Fsp3) is 0.176. The number of aromatic nitrogens is 4. The fourth-order valence-electron chi connectivity index (χ4n) is 2.81. The summed E-state index contributed by atoms with van der Waals surface area (Å²) in [6.45, 7) is 0. The number of rotatable bonds is 3. The Morgan fingerprint density at radius 1 is 1.17 bits per heavy atom. The molecule has 4 rings (SSSR count). The number of hydrogen-bond donors (Lipinski definition) is 2. The standard InChI is InChI=1S/C17H15N5OS/c23-17(15-14-4-2-1-3-11(14)9-10-24-15)18-13-7-5-12(6-8-13)16-19-21-22-20-16/h1-8,15H,9-10H2,(H,18,23)(H,19,20,21,22). The molecular formula is C17H15N5OS. The second-order valence-electron chi connectivity index (χ2n) is 5.50. The predicted molar refractivity (Wildman–Crippen MR) is 93.6 cm³/mol. The first-order chi connectivity index (χ1) is 11.8. The molecule has 0 bridgehead atoms. The van der Waals surface area contributed by atoms with E-state index < -0.39 is 0 Å². The van der Waals surface area contributed by atoms with Crippen molar-refractivity contribution < 1.29 is 4.79 Å². The van der Waals surface area contributed by atoms with E-state index in [1.165, 1.54) is 5.56 Å². The van der Waals surface area contributed by atoms with Crippen molar-refractivity contribution in [3.8, 4) is 11.4 Å². The number of carbonyl (C=O) groups excluding carboxylic acids is 1. The molecule has 0 fully saturated rings. The van der Waals surface area contributed by atoms with E-state index in [-0.39, 0.29) is 11.2 Å². The van der Waals surface area contributed by atoms with E-state index in [9.17, 15) is 4.79 Å². The summed E-state index contributed by atoms with van der Waals surface area (Å²) in [7, 11) is 0. The average molecular weight is 337 g/mol. The number of fused-ring (bicyclic) bond motifs is 1. The van der Waals surface area contributed by atoms with Crippen molar-refractivity contribution in [3.63, 3.8) is 0 Å². The Balaban J connectivity index is 1.51. The molecule has 2 heterocycles. The number of nitrogens with zero attached hydrogens (tertiary/aromatic N) is 3. The number of nitrogens with one attached hydrogen (secondary N) is 2. The molecule has 7 heteroatoms. The van der Waals surface area contributed by atoms with Crippen molar-refractivity contribution >= 4 is 23.4 Å². The molecule has 1 atom stereocenters. The van der Waals surface area contributed by atoms with Gasteiger partial charge in [0, 0.05) is 11.3 Å². The average Bonchev–Trinajstić information content (AvgIpc) is 3.16. The zero-order valence-electron chi connectivity index (χ0n) is 12.8. The second-order valence-corrected chi connectivity index (χ2v) is 6.71. The number of hydrogen-bond acceptors (Lipinski definition) is 5. The molecule has 0 saturated carbocycles. The van der Waals surface area contributed by atoms with Crippen molar-refractivity contribution in [2.45, 2.75) is 11.7 Å². The quantitative estimate of drug-likeness (QED) is 0.768. The van der Waals surface area contributed by atoms with Gasteiger partial charge < -0.3 is 5.32 Å². The highest BCUT2D eigenvalue weighted by atomic mass is 32.2. The van der Waals surface area contributed by atoms with Gasteiger partial charge >= 0.3 is 0 Å². The summed E-state index contributed by atoms with van der Waals surface area (Å²) in [5.41, 5.74) is 3.99. The minimum absolute atomic E-state index is 0.0134. The maximum atomic E-state index is 12.7. The first kappa shape index (κ1) is 14.9. The number of aromatic amines is 1. The lowest BCUT2D eigenvalue weighted by molar-refractivity contribution is -0.115. The number of aryl methyl sites for hydroxylation is 1. The summed E-state index contributed by atoms with van der Waals surface area (Å²) < 4.78 is 0. The van der Waals surface area contributed by atoms with E-state index >= 15 is 0 Å². The van der Waals surface area contributed by atoms with Crippen LogP contribution in [0, 0.1) is 0 Å². The van der Waals surface area contributed by atoms with Gasteiger partial charge in [-0.15, -0.1) is 22.0 Å². The first-order valence-corrected chi connectivity index (χ1v) is 8.70. The van der Waals surface area contributed by atoms with E-state index in [0.717, 1.165) is 29.0 Å². The Morgan fingerprint density at radius 3 is 2.79 bits per heavy atom. The summed E-state index contributed by atoms with van der Waals surface area (Å²) in [6.07, 6.45) is 1.02. The van der Waals surface area contributed by atoms with Crippen molar-refractivity contribution in [1.29, 1.82) is 0 Å². The Kier molecular flexibility index (Phi) is 4.00. The Bertz CT molecular complexity index is 848. The molecule has 2 N–H and O–H groups in total. The van der Waals surface area contributed by atoms with Gasteiger partial charge in [0.2, 0.25) is 11.7 Å². The number of benzene rings is 2. The molecule has 2 aromatic carbocycles. The third kappa shape index (κ3) is 2.90. The largest absolute Gasteiger partial charge is 0.325 e. The van der Waals surface area contributed by atoms with Gasteiger partial charge in [-0.2, -0.15) is 5.21 Å². The first-order valence-electron chi connectivity index (χ1n) is 7.65. The SMILES string of the molecule is O=C(Nc1ccc(-c2nn[nH]n2)cc1)C1SCCc2ccccc21. The normalized spacial score (nSPS) is 16.4. The van der Waals surface area contributed by atoms with Gasteiger partial charge in [-0.1, -0.05) is 24.3 Å². The highest BCUT2D eigenvalue weighted by Crippen LogP contribution is 2.37. The minimum Gasteiger partial charge on any atom is -0.325 e. The Morgan fingerprint density at radius 2 is 2.00 bits per heavy atom. The summed E-state index contributed by atoms with van der Waals surface area (Å²) in [5, 5.41) is 16.7. The summed E-state index contributed by atoms with van der Waals surface area (Å²) in [4.78, 5) is 12.7. The summed E-state index contributed by atoms with van der Waals surface area (Å²) in [5.74, 6) is 1.51. The van der Waals surface area contributed by atoms with Crippen LogP contribution in [0.15, 0.2) is 48.5 Å². The van der Waals surface area contributed by atoms with Crippen LogP contribution in [-0.2, 0) is 11.2 Å². The van der Waals surface area contributed by atoms with Gasteiger partial charge in [0.25, 0.3) is 0 Å². The zero-order chi connectivity index (χ0) is 16.4. The molecule has 24 heavy (non-hydrogen) atoms. The number of carbonyl (C=O) groups is 1. The maximum Gasteiger partial charge on any atom is 0.242 e. The van der Waals surface area contributed by atoms with Gasteiger partial charge in [-0.25, -0.2) is 0 Å². The van der Waals surface area contributed by atoms with E-state index in [1.807, 2.05) is 42.5 Å². The van der Waals surface area contributed by atoms with Gasteiger partial charge in [0.15, 0.2) is 0 Å². The summed E-state index contributed by atoms with van der Waals surface area (Å²) >= 11 is 1.69. The third-order valence-corrected chi connectivity index (χ3v) is 5.23. The monoisotopic (exact) mass is 337 g/mol. The van der Waals surface area contributed by atoms with Crippen LogP contribution < -0.4 is 5.32 Å². The Hall–Kier alpha value is -2.67. The minimum atomic E-state index is -0.160. The van der Waals surface area contributed by atoms with Crippen LogP contribution in [0.4, 0.5) is 5.69 Å².